The number of fused-ring (bicyclic) bond motifs is 5. The number of methoxy groups -OCH3 is 1. The van der Waals surface area contributed by atoms with Gasteiger partial charge in [-0.25, -0.2) is 4.18 Å². The second kappa shape index (κ2) is 17.9. The minimum absolute atomic E-state index is 0.0666. The van der Waals surface area contributed by atoms with Gasteiger partial charge in [0.15, 0.2) is 12.6 Å². The third-order valence-corrected chi connectivity index (χ3v) is 16.1. The topological polar surface area (TPSA) is 292 Å². The van der Waals surface area contributed by atoms with Gasteiger partial charge in [-0.15, -0.1) is 0 Å². The maximum atomic E-state index is 12.8. The summed E-state index contributed by atoms with van der Waals surface area (Å²) in [7, 11) is -3.63. The van der Waals surface area contributed by atoms with Crippen LogP contribution >= 0.6 is 0 Å². The average molecular weight is 869 g/mol. The summed E-state index contributed by atoms with van der Waals surface area (Å²) < 4.78 is 67.6. The van der Waals surface area contributed by atoms with Crippen molar-refractivity contribution in [3.63, 3.8) is 0 Å². The standard InChI is InChI=1S/C40H68O18S/c1-18(20(3)16-54-37-34(32(48)33(56-37)24(44)15-41)57-36-31(47)30(46)26(53-6)17-55-36)7-8-19(2)21-13-23(43)35-38(21,4)12-10-27-39(5)11-9-22(42)29(45)28(39)25(14-40(27,35)49)58-59(50,51)52/h7-8,18-37,41-49H,9-17H2,1-6H3,(H,50,51,52)/b8-7+/t18-,19-,20-,21-,22+,23-,24-,25+,26-,27?,28?,29+,30+,31-,32-,33-,34+,35?,36+,37+,38-,39-,40+/m1/s1. The third-order valence-electron chi connectivity index (χ3n) is 15.6. The zero-order valence-electron chi connectivity index (χ0n) is 34.7. The molecule has 0 aromatic heterocycles. The maximum Gasteiger partial charge on any atom is 0.397 e. The predicted molar refractivity (Wildman–Crippen MR) is 205 cm³/mol. The predicted octanol–water partition coefficient (Wildman–Crippen LogP) is -0.741. The third kappa shape index (κ3) is 8.81. The van der Waals surface area contributed by atoms with Crippen LogP contribution in [0.25, 0.3) is 0 Å². The van der Waals surface area contributed by atoms with Crippen LogP contribution in [0.1, 0.15) is 73.1 Å². The van der Waals surface area contributed by atoms with E-state index in [1.54, 1.807) is 0 Å². The summed E-state index contributed by atoms with van der Waals surface area (Å²) in [5.41, 5.74) is -3.02. The molecule has 59 heavy (non-hydrogen) atoms. The van der Waals surface area contributed by atoms with Crippen LogP contribution in [0.3, 0.4) is 0 Å². The molecule has 0 amide bonds. The van der Waals surface area contributed by atoms with Crippen LogP contribution in [-0.4, -0.2) is 171 Å². The molecule has 23 atom stereocenters. The Hall–Kier alpha value is -0.950. The fourth-order valence-electron chi connectivity index (χ4n) is 12.3. The van der Waals surface area contributed by atoms with Crippen molar-refractivity contribution in [2.75, 3.05) is 26.9 Å². The number of aliphatic hydroxyl groups is 9. The van der Waals surface area contributed by atoms with Gasteiger partial charge in [-0.1, -0.05) is 46.8 Å². The van der Waals surface area contributed by atoms with Crippen molar-refractivity contribution in [2.45, 2.75) is 158 Å². The lowest BCUT2D eigenvalue weighted by atomic mass is 9.41. The lowest BCUT2D eigenvalue weighted by Crippen LogP contribution is -2.71. The maximum absolute atomic E-state index is 12.8. The van der Waals surface area contributed by atoms with E-state index in [9.17, 15) is 58.9 Å². The highest BCUT2D eigenvalue weighted by molar-refractivity contribution is 7.80. The van der Waals surface area contributed by atoms with E-state index in [4.69, 9.17) is 27.9 Å². The second-order valence-corrected chi connectivity index (χ2v) is 20.1. The van der Waals surface area contributed by atoms with Gasteiger partial charge in [0.25, 0.3) is 0 Å². The van der Waals surface area contributed by atoms with Crippen LogP contribution in [0, 0.1) is 52.3 Å². The molecule has 0 radical (unpaired) electrons. The number of ether oxygens (including phenoxy) is 5. The van der Waals surface area contributed by atoms with Crippen LogP contribution in [0.5, 0.6) is 0 Å². The number of hydrogen-bond donors (Lipinski definition) is 10. The minimum Gasteiger partial charge on any atom is -0.394 e. The Morgan fingerprint density at radius 2 is 1.56 bits per heavy atom. The van der Waals surface area contributed by atoms with E-state index in [0.717, 1.165) is 0 Å². The molecular formula is C40H68O18S. The van der Waals surface area contributed by atoms with Gasteiger partial charge in [-0.2, -0.15) is 8.42 Å². The van der Waals surface area contributed by atoms with E-state index in [1.807, 2.05) is 20.8 Å². The molecule has 4 saturated carbocycles. The van der Waals surface area contributed by atoms with Gasteiger partial charge < -0.3 is 69.6 Å². The fraction of sp³-hybridized carbons (Fsp3) is 0.950. The average Bonchev–Trinajstić information content (AvgIpc) is 3.63. The number of rotatable bonds is 14. The Bertz CT molecular complexity index is 1570. The smallest absolute Gasteiger partial charge is 0.394 e. The van der Waals surface area contributed by atoms with Crippen molar-refractivity contribution >= 4 is 10.4 Å². The molecule has 0 bridgehead atoms. The molecule has 6 aliphatic rings. The van der Waals surface area contributed by atoms with Crippen LogP contribution in [0.15, 0.2) is 12.2 Å². The Kier molecular flexibility index (Phi) is 14.4. The first kappa shape index (κ1) is 47.5. The fourth-order valence-corrected chi connectivity index (χ4v) is 12.8. The van der Waals surface area contributed by atoms with Gasteiger partial charge in [0, 0.05) is 25.4 Å². The SMILES string of the molecule is CO[C@@H]1CO[C@@H](O[C@@H]2[C@@H](OC[C@@H](C)[C@H](C)/C=C/[C@@H](C)[C@H]3C[C@@H](O)C4[C@]5(O)C[C@H](OS(=O)(=O)O)C6[C@@H](O)[C@@H](O)CC[C@]6(C)C5CC[C@@]43C)O[C@H]([C@H](O)CO)[C@H]2O)[C@H](O)[C@H]1O. The molecule has 3 unspecified atom stereocenters. The van der Waals surface area contributed by atoms with Crippen molar-refractivity contribution in [1.82, 2.24) is 0 Å². The summed E-state index contributed by atoms with van der Waals surface area (Å²) >= 11 is 0. The van der Waals surface area contributed by atoms with E-state index >= 15 is 0 Å². The first-order valence-electron chi connectivity index (χ1n) is 21.0. The highest BCUT2D eigenvalue weighted by atomic mass is 32.3. The molecule has 4 aliphatic carbocycles. The molecule has 2 aliphatic heterocycles. The molecule has 19 heteroatoms. The first-order valence-corrected chi connectivity index (χ1v) is 22.4. The van der Waals surface area contributed by atoms with E-state index in [0.29, 0.717) is 25.7 Å². The molecule has 6 rings (SSSR count). The van der Waals surface area contributed by atoms with E-state index in [2.05, 4.69) is 26.0 Å². The normalized spacial score (nSPS) is 49.8. The second-order valence-electron chi connectivity index (χ2n) is 19.1. The first-order chi connectivity index (χ1) is 27.5. The molecule has 2 saturated heterocycles. The number of allylic oxidation sites excluding steroid dienone is 2. The summed E-state index contributed by atoms with van der Waals surface area (Å²) in [4.78, 5) is 0. The molecule has 18 nitrogen and oxygen atoms in total. The van der Waals surface area contributed by atoms with Crippen molar-refractivity contribution < 1.29 is 86.8 Å². The van der Waals surface area contributed by atoms with Crippen LogP contribution in [-0.2, 0) is 38.3 Å². The highest BCUT2D eigenvalue weighted by Gasteiger charge is 2.72. The van der Waals surface area contributed by atoms with Crippen molar-refractivity contribution in [1.29, 1.82) is 0 Å². The molecule has 0 aromatic rings. The van der Waals surface area contributed by atoms with Gasteiger partial charge in [-0.3, -0.25) is 4.55 Å². The van der Waals surface area contributed by atoms with Gasteiger partial charge in [0.05, 0.1) is 49.8 Å². The molecule has 2 heterocycles. The number of aliphatic hydroxyl groups excluding tert-OH is 8. The molecular weight excluding hydrogens is 800 g/mol. The lowest BCUT2D eigenvalue weighted by Gasteiger charge is -2.66. The lowest BCUT2D eigenvalue weighted by molar-refractivity contribution is -0.306. The Labute approximate surface area is 346 Å². The molecule has 0 aromatic carbocycles. The van der Waals surface area contributed by atoms with Crippen LogP contribution in [0.2, 0.25) is 0 Å². The van der Waals surface area contributed by atoms with E-state index in [-0.39, 0.29) is 49.7 Å². The van der Waals surface area contributed by atoms with Crippen molar-refractivity contribution in [3.05, 3.63) is 12.2 Å². The summed E-state index contributed by atoms with van der Waals surface area (Å²) in [5, 5.41) is 98.3. The quantitative estimate of drug-likeness (QED) is 0.0760. The van der Waals surface area contributed by atoms with Crippen LogP contribution < -0.4 is 0 Å². The van der Waals surface area contributed by atoms with Crippen LogP contribution in [0.4, 0.5) is 0 Å². The summed E-state index contributed by atoms with van der Waals surface area (Å²) in [6.07, 6.45) is -10.3. The van der Waals surface area contributed by atoms with Gasteiger partial charge >= 0.3 is 10.4 Å². The zero-order valence-corrected chi connectivity index (χ0v) is 35.5. The Balaban J connectivity index is 1.13. The summed E-state index contributed by atoms with van der Waals surface area (Å²) in [6, 6.07) is 0. The monoisotopic (exact) mass is 868 g/mol. The van der Waals surface area contributed by atoms with Gasteiger partial charge in [0.2, 0.25) is 0 Å². The van der Waals surface area contributed by atoms with E-state index in [1.165, 1.54) is 7.11 Å². The van der Waals surface area contributed by atoms with E-state index < -0.39 is 131 Å². The summed E-state index contributed by atoms with van der Waals surface area (Å²) in [6.45, 7) is 9.26. The van der Waals surface area contributed by atoms with Crippen molar-refractivity contribution in [3.8, 4) is 0 Å². The summed E-state index contributed by atoms with van der Waals surface area (Å²) in [5.74, 6) is -2.32. The molecule has 0 spiro atoms. The minimum atomic E-state index is -4.99. The molecule has 6 fully saturated rings. The Morgan fingerprint density at radius 1 is 0.881 bits per heavy atom. The highest BCUT2D eigenvalue weighted by Crippen LogP contribution is 2.70. The molecule has 342 valence electrons. The van der Waals surface area contributed by atoms with Crippen molar-refractivity contribution in [2.24, 2.45) is 52.3 Å². The molecule has 10 N–H and O–H groups in total. The Morgan fingerprint density at radius 3 is 2.20 bits per heavy atom. The van der Waals surface area contributed by atoms with Gasteiger partial charge in [0.1, 0.15) is 42.7 Å². The number of hydrogen-bond acceptors (Lipinski definition) is 17. The van der Waals surface area contributed by atoms with Gasteiger partial charge in [-0.05, 0) is 72.5 Å². The zero-order chi connectivity index (χ0) is 43.6. The largest absolute Gasteiger partial charge is 0.397 e.